The summed E-state index contributed by atoms with van der Waals surface area (Å²) in [6.45, 7) is 3.03. The number of ether oxygens (including phenoxy) is 1. The minimum atomic E-state index is -0.171. The molecule has 0 spiro atoms. The van der Waals surface area contributed by atoms with Gasteiger partial charge in [-0.2, -0.15) is 0 Å². The summed E-state index contributed by atoms with van der Waals surface area (Å²) < 4.78 is 11.2. The number of carbonyl (C=O) groups excluding carboxylic acids is 2. The van der Waals surface area contributed by atoms with Crippen molar-refractivity contribution < 1.29 is 18.7 Å². The SMILES string of the molecule is CC1CN(C(=O)c2ccc(COc3ccccc3)o2)CCC1=O. The lowest BCUT2D eigenvalue weighted by molar-refractivity contribution is -0.124. The zero-order chi connectivity index (χ0) is 16.2. The van der Waals surface area contributed by atoms with Gasteiger partial charge in [0.2, 0.25) is 0 Å². The normalized spacial score (nSPS) is 18.0. The summed E-state index contributed by atoms with van der Waals surface area (Å²) in [6.07, 6.45) is 0.414. The number of hydrogen-bond acceptors (Lipinski definition) is 4. The molecule has 1 saturated heterocycles. The number of benzene rings is 1. The molecule has 3 rings (SSSR count). The van der Waals surface area contributed by atoms with Crippen molar-refractivity contribution in [2.24, 2.45) is 5.92 Å². The Hall–Kier alpha value is -2.56. The molecule has 1 amide bonds. The summed E-state index contributed by atoms with van der Waals surface area (Å²) in [5.41, 5.74) is 0. The number of rotatable bonds is 4. The van der Waals surface area contributed by atoms with Gasteiger partial charge in [-0.15, -0.1) is 0 Å². The minimum absolute atomic E-state index is 0.108. The van der Waals surface area contributed by atoms with Crippen LogP contribution in [0.4, 0.5) is 0 Å². The number of carbonyl (C=O) groups is 2. The molecule has 0 bridgehead atoms. The van der Waals surface area contributed by atoms with Crippen molar-refractivity contribution in [2.75, 3.05) is 13.1 Å². The molecule has 1 aliphatic rings. The van der Waals surface area contributed by atoms with E-state index in [2.05, 4.69) is 0 Å². The maximum atomic E-state index is 12.4. The summed E-state index contributed by atoms with van der Waals surface area (Å²) in [5.74, 6) is 1.57. The third kappa shape index (κ3) is 3.62. The van der Waals surface area contributed by atoms with E-state index in [-0.39, 0.29) is 24.2 Å². The van der Waals surface area contributed by atoms with E-state index >= 15 is 0 Å². The van der Waals surface area contributed by atoms with Gasteiger partial charge in [0.05, 0.1) is 0 Å². The van der Waals surface area contributed by atoms with Gasteiger partial charge in [0.15, 0.2) is 5.76 Å². The van der Waals surface area contributed by atoms with Gasteiger partial charge in [0.25, 0.3) is 5.91 Å². The standard InChI is InChI=1S/C18H19NO4/c1-13-11-19(10-9-16(13)20)18(21)17-8-7-15(23-17)12-22-14-5-3-2-4-6-14/h2-8,13H,9-12H2,1H3. The van der Waals surface area contributed by atoms with Crippen LogP contribution in [-0.4, -0.2) is 29.7 Å². The van der Waals surface area contributed by atoms with Crippen LogP contribution >= 0.6 is 0 Å². The molecule has 1 unspecified atom stereocenters. The number of likely N-dealkylation sites (tertiary alicyclic amines) is 1. The van der Waals surface area contributed by atoms with Crippen LogP contribution in [0.25, 0.3) is 0 Å². The highest BCUT2D eigenvalue weighted by atomic mass is 16.5. The Morgan fingerprint density at radius 3 is 2.78 bits per heavy atom. The molecular weight excluding hydrogens is 294 g/mol. The maximum absolute atomic E-state index is 12.4. The average molecular weight is 313 g/mol. The van der Waals surface area contributed by atoms with E-state index < -0.39 is 0 Å². The van der Waals surface area contributed by atoms with Crippen LogP contribution in [-0.2, 0) is 11.4 Å². The summed E-state index contributed by atoms with van der Waals surface area (Å²) in [6, 6.07) is 12.8. The van der Waals surface area contributed by atoms with Crippen molar-refractivity contribution in [3.63, 3.8) is 0 Å². The van der Waals surface area contributed by atoms with Crippen LogP contribution in [0.5, 0.6) is 5.75 Å². The van der Waals surface area contributed by atoms with Crippen molar-refractivity contribution in [1.82, 2.24) is 4.90 Å². The van der Waals surface area contributed by atoms with Crippen LogP contribution in [0.2, 0.25) is 0 Å². The first-order valence-corrected chi connectivity index (χ1v) is 7.72. The third-order valence-corrected chi connectivity index (χ3v) is 3.96. The van der Waals surface area contributed by atoms with Gasteiger partial charge in [-0.25, -0.2) is 0 Å². The lowest BCUT2D eigenvalue weighted by Crippen LogP contribution is -2.43. The zero-order valence-electron chi connectivity index (χ0n) is 13.0. The average Bonchev–Trinajstić information content (AvgIpc) is 3.05. The molecule has 1 aromatic heterocycles. The van der Waals surface area contributed by atoms with Crippen molar-refractivity contribution in [3.8, 4) is 5.75 Å². The summed E-state index contributed by atoms with van der Waals surface area (Å²) >= 11 is 0. The Kier molecular flexibility index (Phi) is 4.46. The van der Waals surface area contributed by atoms with E-state index in [4.69, 9.17) is 9.15 Å². The summed E-state index contributed by atoms with van der Waals surface area (Å²) in [5, 5.41) is 0. The molecule has 0 radical (unpaired) electrons. The van der Waals surface area contributed by atoms with Crippen molar-refractivity contribution in [1.29, 1.82) is 0 Å². The Bertz CT molecular complexity index is 692. The Morgan fingerprint density at radius 1 is 1.26 bits per heavy atom. The Labute approximate surface area is 134 Å². The molecule has 1 atom stereocenters. The predicted molar refractivity (Wildman–Crippen MR) is 84.2 cm³/mol. The molecule has 1 aliphatic heterocycles. The second kappa shape index (κ2) is 6.69. The van der Waals surface area contributed by atoms with Crippen LogP contribution < -0.4 is 4.74 Å². The second-order valence-corrected chi connectivity index (χ2v) is 5.74. The number of furan rings is 1. The van der Waals surface area contributed by atoms with Crippen LogP contribution in [0, 0.1) is 5.92 Å². The third-order valence-electron chi connectivity index (χ3n) is 3.96. The van der Waals surface area contributed by atoms with E-state index in [9.17, 15) is 9.59 Å². The zero-order valence-corrected chi connectivity index (χ0v) is 13.0. The molecule has 2 heterocycles. The van der Waals surface area contributed by atoms with Crippen LogP contribution in [0.1, 0.15) is 29.7 Å². The highest BCUT2D eigenvalue weighted by molar-refractivity contribution is 5.93. The minimum Gasteiger partial charge on any atom is -0.486 e. The van der Waals surface area contributed by atoms with Gasteiger partial charge in [-0.1, -0.05) is 25.1 Å². The van der Waals surface area contributed by atoms with Gasteiger partial charge in [-0.05, 0) is 24.3 Å². The van der Waals surface area contributed by atoms with E-state index in [0.717, 1.165) is 5.75 Å². The number of amides is 1. The Balaban J connectivity index is 1.60. The number of piperidine rings is 1. The monoisotopic (exact) mass is 313 g/mol. The molecule has 5 nitrogen and oxygen atoms in total. The maximum Gasteiger partial charge on any atom is 0.289 e. The highest BCUT2D eigenvalue weighted by Crippen LogP contribution is 2.18. The number of nitrogens with zero attached hydrogens (tertiary/aromatic N) is 1. The number of Topliss-reactive ketones (excluding diaryl/α,β-unsaturated/α-hetero) is 1. The van der Waals surface area contributed by atoms with Gasteiger partial charge < -0.3 is 14.1 Å². The van der Waals surface area contributed by atoms with E-state index in [1.165, 1.54) is 0 Å². The lowest BCUT2D eigenvalue weighted by atomic mass is 9.98. The van der Waals surface area contributed by atoms with Crippen LogP contribution in [0.15, 0.2) is 46.9 Å². The topological polar surface area (TPSA) is 59.8 Å². The van der Waals surface area contributed by atoms with Gasteiger partial charge in [0, 0.05) is 25.4 Å². The fourth-order valence-electron chi connectivity index (χ4n) is 2.60. The molecule has 120 valence electrons. The lowest BCUT2D eigenvalue weighted by Gasteiger charge is -2.29. The molecule has 2 aromatic rings. The van der Waals surface area contributed by atoms with E-state index in [1.807, 2.05) is 37.3 Å². The summed E-state index contributed by atoms with van der Waals surface area (Å²) in [4.78, 5) is 25.6. The largest absolute Gasteiger partial charge is 0.486 e. The van der Waals surface area contributed by atoms with Crippen molar-refractivity contribution in [2.45, 2.75) is 20.0 Å². The molecular formula is C18H19NO4. The van der Waals surface area contributed by atoms with E-state index in [1.54, 1.807) is 17.0 Å². The van der Waals surface area contributed by atoms with E-state index in [0.29, 0.717) is 31.0 Å². The fourth-order valence-corrected chi connectivity index (χ4v) is 2.60. The van der Waals surface area contributed by atoms with Gasteiger partial charge in [-0.3, -0.25) is 9.59 Å². The molecule has 1 fully saturated rings. The van der Waals surface area contributed by atoms with Gasteiger partial charge in [0.1, 0.15) is 23.9 Å². The highest BCUT2D eigenvalue weighted by Gasteiger charge is 2.28. The predicted octanol–water partition coefficient (Wildman–Crippen LogP) is 2.91. The number of ketones is 1. The fraction of sp³-hybridized carbons (Fsp3) is 0.333. The quantitative estimate of drug-likeness (QED) is 0.871. The number of hydrogen-bond donors (Lipinski definition) is 0. The first-order valence-electron chi connectivity index (χ1n) is 7.72. The van der Waals surface area contributed by atoms with Crippen LogP contribution in [0.3, 0.4) is 0 Å². The molecule has 23 heavy (non-hydrogen) atoms. The molecule has 0 saturated carbocycles. The Morgan fingerprint density at radius 2 is 2.04 bits per heavy atom. The number of para-hydroxylation sites is 1. The second-order valence-electron chi connectivity index (χ2n) is 5.74. The molecule has 5 heteroatoms. The molecule has 1 aromatic carbocycles. The molecule has 0 aliphatic carbocycles. The molecule has 0 N–H and O–H groups in total. The first kappa shape index (κ1) is 15.3. The summed E-state index contributed by atoms with van der Waals surface area (Å²) in [7, 11) is 0. The van der Waals surface area contributed by atoms with Crippen molar-refractivity contribution in [3.05, 3.63) is 54.0 Å². The van der Waals surface area contributed by atoms with Gasteiger partial charge >= 0.3 is 0 Å². The van der Waals surface area contributed by atoms with Crippen molar-refractivity contribution >= 4 is 11.7 Å². The first-order chi connectivity index (χ1) is 11.1. The smallest absolute Gasteiger partial charge is 0.289 e.